The molecular formula is C59H65F3N8O6. The van der Waals surface area contributed by atoms with Gasteiger partial charge in [-0.05, 0) is 159 Å². The van der Waals surface area contributed by atoms with Gasteiger partial charge in [-0.1, -0.05) is 36.4 Å². The molecule has 2 aromatic heterocycles. The molecule has 5 heterocycles. The summed E-state index contributed by atoms with van der Waals surface area (Å²) in [4.78, 5) is 68.6. The largest absolute Gasteiger partial charge is 0.497 e. The number of aliphatic hydroxyl groups is 1. The molecule has 17 heteroatoms. The number of piperidine rings is 3. The van der Waals surface area contributed by atoms with E-state index in [1.807, 2.05) is 68.1 Å². The fourth-order valence-corrected chi connectivity index (χ4v) is 9.77. The van der Waals surface area contributed by atoms with Crippen LogP contribution in [-0.4, -0.2) is 115 Å². The fourth-order valence-electron chi connectivity index (χ4n) is 9.77. The quantitative estimate of drug-likeness (QED) is 0.114. The minimum Gasteiger partial charge on any atom is -0.497 e. The lowest BCUT2D eigenvalue weighted by Crippen LogP contribution is -2.38. The summed E-state index contributed by atoms with van der Waals surface area (Å²) < 4.78 is 43.8. The predicted octanol–water partition coefficient (Wildman–Crippen LogP) is 10.4. The van der Waals surface area contributed by atoms with Gasteiger partial charge < -0.3 is 40.1 Å². The molecule has 0 radical (unpaired) electrons. The Hall–Kier alpha value is -7.79. The maximum atomic E-state index is 13.3. The van der Waals surface area contributed by atoms with Crippen molar-refractivity contribution in [3.8, 4) is 5.75 Å². The highest BCUT2D eigenvalue weighted by atomic mass is 19.4. The van der Waals surface area contributed by atoms with Crippen LogP contribution in [-0.2, 0) is 6.18 Å². The lowest BCUT2D eigenvalue weighted by atomic mass is 9.88. The molecule has 398 valence electrons. The number of ether oxygens (including phenoxy) is 1. The average Bonchev–Trinajstić information content (AvgIpc) is 3.44. The van der Waals surface area contributed by atoms with Crippen molar-refractivity contribution in [2.75, 3.05) is 80.9 Å². The molecule has 76 heavy (non-hydrogen) atoms. The molecule has 3 aliphatic heterocycles. The van der Waals surface area contributed by atoms with Gasteiger partial charge >= 0.3 is 6.18 Å². The molecule has 3 fully saturated rings. The second-order valence-electron chi connectivity index (χ2n) is 19.9. The number of methoxy groups -OCH3 is 1. The number of likely N-dealkylation sites (tertiary alicyclic amines) is 2. The van der Waals surface area contributed by atoms with Crippen molar-refractivity contribution in [1.82, 2.24) is 19.8 Å². The molecule has 3 N–H and O–H groups in total. The van der Waals surface area contributed by atoms with Gasteiger partial charge in [-0.25, -0.2) is 9.97 Å². The number of rotatable bonds is 11. The van der Waals surface area contributed by atoms with Crippen molar-refractivity contribution in [3.63, 3.8) is 0 Å². The standard InChI is InChI=1S/C31H36N4O4.C28H29F3N4O2/c1-21-3-4-24(31(38)35-15-11-23(12-16-35)22-5-8-27(39-2)9-6-22)19-28(21)33-30(37)25-7-10-29(32-20-25)34-17-13-26(36)14-18-34;1-18-4-5-21(16-24(18)33-26(36)22-8-11-25(32-17-22)34(2)3)27(37)35-14-12-20(13-15-35)19-6-9-23(10-7-19)28(29,30)31/h3-10,19-20,23,26,36H,11-18H2,1-2H3,(H,33,37);4-11,16-17,20H,12-15H2,1-3H3,(H,33,36). The highest BCUT2D eigenvalue weighted by molar-refractivity contribution is 6.06. The molecule has 0 bridgehead atoms. The van der Waals surface area contributed by atoms with E-state index in [-0.39, 0.29) is 35.7 Å². The number of nitrogens with zero attached hydrogens (tertiary/aromatic N) is 6. The first-order valence-corrected chi connectivity index (χ1v) is 25.7. The minimum absolute atomic E-state index is 0.0173. The molecule has 0 aliphatic carbocycles. The number of carbonyl (C=O) groups excluding carboxylic acids is 4. The number of pyridine rings is 2. The number of halogens is 3. The van der Waals surface area contributed by atoms with Gasteiger partial charge in [-0.2, -0.15) is 13.2 Å². The number of alkyl halides is 3. The maximum absolute atomic E-state index is 13.3. The van der Waals surface area contributed by atoms with Gasteiger partial charge in [0.1, 0.15) is 17.4 Å². The van der Waals surface area contributed by atoms with Gasteiger partial charge in [-0.15, -0.1) is 0 Å². The molecule has 4 amide bonds. The Balaban J connectivity index is 0.000000202. The Labute approximate surface area is 441 Å². The zero-order valence-corrected chi connectivity index (χ0v) is 43.6. The highest BCUT2D eigenvalue weighted by Gasteiger charge is 2.32. The maximum Gasteiger partial charge on any atom is 0.416 e. The first kappa shape index (κ1) is 54.5. The van der Waals surface area contributed by atoms with Crippen LogP contribution in [0.15, 0.2) is 122 Å². The van der Waals surface area contributed by atoms with Crippen LogP contribution in [0.25, 0.3) is 0 Å². The van der Waals surface area contributed by atoms with E-state index in [1.54, 1.807) is 60.7 Å². The number of aromatic nitrogens is 2. The summed E-state index contributed by atoms with van der Waals surface area (Å²) in [5.74, 6) is 2.18. The van der Waals surface area contributed by atoms with Crippen LogP contribution in [0.5, 0.6) is 5.75 Å². The van der Waals surface area contributed by atoms with Crippen LogP contribution in [0.3, 0.4) is 0 Å². The summed E-state index contributed by atoms with van der Waals surface area (Å²) in [6, 6.07) is 31.2. The van der Waals surface area contributed by atoms with E-state index in [9.17, 15) is 37.5 Å². The van der Waals surface area contributed by atoms with Crippen molar-refractivity contribution < 1.29 is 42.2 Å². The van der Waals surface area contributed by atoms with Crippen molar-refractivity contribution >= 4 is 46.6 Å². The van der Waals surface area contributed by atoms with Gasteiger partial charge in [0.05, 0.1) is 29.9 Å². The summed E-state index contributed by atoms with van der Waals surface area (Å²) in [5.41, 5.74) is 6.25. The van der Waals surface area contributed by atoms with Crippen LogP contribution in [0.4, 0.5) is 36.2 Å². The number of aliphatic hydroxyl groups excluding tert-OH is 1. The third-order valence-corrected chi connectivity index (χ3v) is 14.6. The van der Waals surface area contributed by atoms with Crippen molar-refractivity contribution in [3.05, 3.63) is 172 Å². The van der Waals surface area contributed by atoms with Crippen LogP contribution >= 0.6 is 0 Å². The van der Waals surface area contributed by atoms with Crippen molar-refractivity contribution in [1.29, 1.82) is 0 Å². The molecule has 3 aliphatic rings. The third kappa shape index (κ3) is 13.5. The molecule has 6 aromatic rings. The van der Waals surface area contributed by atoms with E-state index in [1.165, 1.54) is 23.9 Å². The summed E-state index contributed by atoms with van der Waals surface area (Å²) >= 11 is 0. The monoisotopic (exact) mass is 1040 g/mol. The van der Waals surface area contributed by atoms with Crippen molar-refractivity contribution in [2.24, 2.45) is 0 Å². The number of aryl methyl sites for hydroxylation is 2. The second kappa shape index (κ2) is 24.3. The van der Waals surface area contributed by atoms with Crippen LogP contribution in [0.2, 0.25) is 0 Å². The number of amides is 4. The topological polar surface area (TPSA) is 161 Å². The molecule has 3 saturated heterocycles. The number of hydrogen-bond donors (Lipinski definition) is 3. The van der Waals surface area contributed by atoms with E-state index in [0.717, 1.165) is 85.0 Å². The SMILES string of the molecule is COc1ccc(C2CCN(C(=O)c3ccc(C)c(NC(=O)c4ccc(N5CCC(O)CC5)nc4)c3)CC2)cc1.Cc1ccc(C(=O)N2CCC(c3ccc(C(F)(F)F)cc3)CC2)cc1NC(=O)c1ccc(N(C)C)nc1. The van der Waals surface area contributed by atoms with Gasteiger partial charge in [-0.3, -0.25) is 19.2 Å². The Bertz CT molecular complexity index is 2970. The molecule has 0 spiro atoms. The van der Waals surface area contributed by atoms with Crippen LogP contribution < -0.4 is 25.2 Å². The number of benzene rings is 4. The Morgan fingerprint density at radius 2 is 1.04 bits per heavy atom. The van der Waals surface area contributed by atoms with Crippen molar-refractivity contribution in [2.45, 2.75) is 76.5 Å². The lowest BCUT2D eigenvalue weighted by molar-refractivity contribution is -0.137. The van der Waals surface area contributed by atoms with E-state index in [4.69, 9.17) is 4.74 Å². The molecule has 4 aromatic carbocycles. The normalized spacial score (nSPS) is 15.6. The number of anilines is 4. The van der Waals surface area contributed by atoms with E-state index >= 15 is 0 Å². The molecule has 0 atom stereocenters. The molecule has 14 nitrogen and oxygen atoms in total. The predicted molar refractivity (Wildman–Crippen MR) is 289 cm³/mol. The average molecular weight is 1040 g/mol. The van der Waals surface area contributed by atoms with Gasteiger partial charge in [0, 0.05) is 88.3 Å². The Kier molecular flexibility index (Phi) is 17.4. The summed E-state index contributed by atoms with van der Waals surface area (Å²) in [7, 11) is 5.40. The zero-order valence-electron chi connectivity index (χ0n) is 43.6. The molecule has 0 unspecified atom stereocenters. The molecule has 0 saturated carbocycles. The van der Waals surface area contributed by atoms with E-state index < -0.39 is 11.7 Å². The third-order valence-electron chi connectivity index (χ3n) is 14.6. The van der Waals surface area contributed by atoms with Crippen LogP contribution in [0.1, 0.15) is 120 Å². The van der Waals surface area contributed by atoms with E-state index in [0.29, 0.717) is 78.6 Å². The number of hydrogen-bond acceptors (Lipinski definition) is 10. The summed E-state index contributed by atoms with van der Waals surface area (Å²) in [6.07, 6.45) is 3.09. The first-order chi connectivity index (χ1) is 36.4. The Morgan fingerprint density at radius 1 is 0.592 bits per heavy atom. The van der Waals surface area contributed by atoms with Gasteiger partial charge in [0.2, 0.25) is 0 Å². The van der Waals surface area contributed by atoms with Gasteiger partial charge in [0.25, 0.3) is 23.6 Å². The smallest absolute Gasteiger partial charge is 0.416 e. The molecular weight excluding hydrogens is 974 g/mol. The molecule has 9 rings (SSSR count). The number of nitrogens with one attached hydrogen (secondary N) is 2. The van der Waals surface area contributed by atoms with E-state index in [2.05, 4.69) is 37.6 Å². The zero-order chi connectivity index (χ0) is 54.1. The summed E-state index contributed by atoms with van der Waals surface area (Å²) in [5, 5.41) is 15.6. The van der Waals surface area contributed by atoms with Gasteiger partial charge in [0.15, 0.2) is 0 Å². The Morgan fingerprint density at radius 3 is 1.45 bits per heavy atom. The summed E-state index contributed by atoms with van der Waals surface area (Å²) in [6.45, 7) is 7.66. The fraction of sp³-hybridized carbons (Fsp3) is 0.356. The second-order valence-corrected chi connectivity index (χ2v) is 19.9. The minimum atomic E-state index is -4.35. The highest BCUT2D eigenvalue weighted by Crippen LogP contribution is 2.34. The first-order valence-electron chi connectivity index (χ1n) is 25.7. The lowest BCUT2D eigenvalue weighted by Gasteiger charge is -2.32. The number of carbonyl (C=O) groups is 4. The van der Waals surface area contributed by atoms with Crippen LogP contribution in [0, 0.1) is 13.8 Å².